The third-order valence-corrected chi connectivity index (χ3v) is 6.07. The van der Waals surface area contributed by atoms with Crippen molar-refractivity contribution in [3.63, 3.8) is 0 Å². The fourth-order valence-corrected chi connectivity index (χ4v) is 4.02. The van der Waals surface area contributed by atoms with Crippen LogP contribution in [0.25, 0.3) is 0 Å². The molecule has 0 aliphatic rings. The van der Waals surface area contributed by atoms with Crippen molar-refractivity contribution in [3.8, 4) is 0 Å². The lowest BCUT2D eigenvalue weighted by Crippen LogP contribution is -2.35. The normalized spacial score (nSPS) is 11.8. The van der Waals surface area contributed by atoms with Gasteiger partial charge >= 0.3 is 0 Å². The summed E-state index contributed by atoms with van der Waals surface area (Å²) in [5.41, 5.74) is 0. The topological polar surface area (TPSA) is 26.8 Å². The van der Waals surface area contributed by atoms with Crippen LogP contribution < -0.4 is 0 Å². The van der Waals surface area contributed by atoms with E-state index in [4.69, 9.17) is 0 Å². The number of carbonyl (C=O) groups is 1. The molecule has 0 aromatic carbocycles. The van der Waals surface area contributed by atoms with E-state index in [1.807, 2.05) is 0 Å². The Morgan fingerprint density at radius 1 is 0.562 bits per heavy atom. The summed E-state index contributed by atoms with van der Waals surface area (Å²) in [6.07, 6.45) is 24.5. The lowest BCUT2D eigenvalue weighted by atomic mass is 10.1. The van der Waals surface area contributed by atoms with Crippen molar-refractivity contribution in [2.24, 2.45) is 0 Å². The number of unbranched alkanes of at least 4 members (excludes halogenated alkanes) is 11. The molecule has 0 saturated heterocycles. The summed E-state index contributed by atoms with van der Waals surface area (Å²) < 4.78 is 0. The van der Waals surface area contributed by atoms with E-state index in [0.717, 1.165) is 51.9 Å². The van der Waals surface area contributed by atoms with Crippen molar-refractivity contribution in [3.05, 3.63) is 12.2 Å². The Morgan fingerprint density at radius 2 is 1.00 bits per heavy atom. The van der Waals surface area contributed by atoms with Crippen LogP contribution in [0.2, 0.25) is 0 Å². The quantitative estimate of drug-likeness (QED) is 0.127. The molecule has 190 valence electrons. The molecule has 0 aliphatic carbocycles. The van der Waals surface area contributed by atoms with Crippen LogP contribution in [0.1, 0.15) is 110 Å². The molecule has 0 atom stereocenters. The molecule has 4 nitrogen and oxygen atoms in total. The SMILES string of the molecule is CCCCCCCC/C=C\CCCCCCCC(=O)N(CCCN(C)C)CCCN(C)C. The van der Waals surface area contributed by atoms with Crippen LogP contribution in [0.5, 0.6) is 0 Å². The number of allylic oxidation sites excluding steroid dienone is 2. The largest absolute Gasteiger partial charge is 0.343 e. The van der Waals surface area contributed by atoms with Gasteiger partial charge in [0.05, 0.1) is 0 Å². The van der Waals surface area contributed by atoms with Gasteiger partial charge < -0.3 is 14.7 Å². The van der Waals surface area contributed by atoms with Gasteiger partial charge in [0.15, 0.2) is 0 Å². The van der Waals surface area contributed by atoms with Crippen molar-refractivity contribution in [1.29, 1.82) is 0 Å². The lowest BCUT2D eigenvalue weighted by Gasteiger charge is -2.24. The zero-order valence-corrected chi connectivity index (χ0v) is 22.5. The molecule has 1 amide bonds. The summed E-state index contributed by atoms with van der Waals surface area (Å²) in [5, 5.41) is 0. The molecule has 0 aliphatic heterocycles. The van der Waals surface area contributed by atoms with Crippen molar-refractivity contribution in [2.75, 3.05) is 54.4 Å². The second-order valence-corrected chi connectivity index (χ2v) is 10.0. The Labute approximate surface area is 201 Å². The number of hydrogen-bond acceptors (Lipinski definition) is 3. The van der Waals surface area contributed by atoms with Crippen molar-refractivity contribution >= 4 is 5.91 Å². The van der Waals surface area contributed by atoms with Gasteiger partial charge in [0.1, 0.15) is 0 Å². The van der Waals surface area contributed by atoms with Crippen LogP contribution in [-0.4, -0.2) is 75.0 Å². The maximum atomic E-state index is 12.7. The molecular weight excluding hydrogens is 394 g/mol. The first-order valence-electron chi connectivity index (χ1n) is 13.7. The van der Waals surface area contributed by atoms with E-state index in [1.165, 1.54) is 77.0 Å². The Morgan fingerprint density at radius 3 is 1.47 bits per heavy atom. The molecule has 0 saturated carbocycles. The van der Waals surface area contributed by atoms with Crippen LogP contribution in [0.4, 0.5) is 0 Å². The highest BCUT2D eigenvalue weighted by Crippen LogP contribution is 2.11. The van der Waals surface area contributed by atoms with E-state index >= 15 is 0 Å². The molecule has 4 heteroatoms. The second kappa shape index (κ2) is 23.3. The van der Waals surface area contributed by atoms with Crippen molar-refractivity contribution in [2.45, 2.75) is 110 Å². The zero-order valence-electron chi connectivity index (χ0n) is 22.5. The molecule has 0 spiro atoms. The van der Waals surface area contributed by atoms with E-state index in [-0.39, 0.29) is 0 Å². The number of carbonyl (C=O) groups excluding carboxylic acids is 1. The summed E-state index contributed by atoms with van der Waals surface area (Å²) in [7, 11) is 8.40. The predicted octanol–water partition coefficient (Wildman–Crippen LogP) is 6.76. The zero-order chi connectivity index (χ0) is 23.9. The van der Waals surface area contributed by atoms with E-state index in [2.05, 4.69) is 62.0 Å². The minimum Gasteiger partial charge on any atom is -0.343 e. The smallest absolute Gasteiger partial charge is 0.222 e. The molecule has 0 unspecified atom stereocenters. The highest BCUT2D eigenvalue weighted by atomic mass is 16.2. The van der Waals surface area contributed by atoms with Crippen LogP contribution in [0.3, 0.4) is 0 Å². The summed E-state index contributed by atoms with van der Waals surface area (Å²) in [6.45, 7) is 6.17. The number of rotatable bonds is 23. The number of hydrogen-bond donors (Lipinski definition) is 0. The fraction of sp³-hybridized carbons (Fsp3) is 0.893. The first kappa shape index (κ1) is 31.1. The standard InChI is InChI=1S/C28H57N3O/c1-6-7-8-9-10-11-12-13-14-15-16-17-18-19-20-23-28(32)31(26-21-24-29(2)3)27-22-25-30(4)5/h13-14H,6-12,15-27H2,1-5H3/b14-13-. The van der Waals surface area contributed by atoms with Crippen molar-refractivity contribution < 1.29 is 4.79 Å². The van der Waals surface area contributed by atoms with E-state index in [1.54, 1.807) is 0 Å². The average Bonchev–Trinajstić information content (AvgIpc) is 2.74. The average molecular weight is 452 g/mol. The Bertz CT molecular complexity index is 420. The van der Waals surface area contributed by atoms with Crippen molar-refractivity contribution in [1.82, 2.24) is 14.7 Å². The van der Waals surface area contributed by atoms with Crippen LogP contribution >= 0.6 is 0 Å². The maximum absolute atomic E-state index is 12.7. The minimum absolute atomic E-state index is 0.361. The van der Waals surface area contributed by atoms with Gasteiger partial charge in [-0.1, -0.05) is 70.4 Å². The van der Waals surface area contributed by atoms with Gasteiger partial charge in [-0.3, -0.25) is 4.79 Å². The number of nitrogens with zero attached hydrogens (tertiary/aromatic N) is 3. The van der Waals surface area contributed by atoms with Crippen LogP contribution in [0, 0.1) is 0 Å². The first-order valence-corrected chi connectivity index (χ1v) is 13.7. The molecule has 0 aromatic heterocycles. The molecular formula is C28H57N3O. The predicted molar refractivity (Wildman–Crippen MR) is 142 cm³/mol. The first-order chi connectivity index (χ1) is 15.5. The lowest BCUT2D eigenvalue weighted by molar-refractivity contribution is -0.131. The van der Waals surface area contributed by atoms with Crippen LogP contribution in [0.15, 0.2) is 12.2 Å². The molecule has 0 N–H and O–H groups in total. The van der Waals surface area contributed by atoms with Gasteiger partial charge in [-0.05, 0) is 86.2 Å². The second-order valence-electron chi connectivity index (χ2n) is 10.0. The highest BCUT2D eigenvalue weighted by molar-refractivity contribution is 5.76. The molecule has 32 heavy (non-hydrogen) atoms. The molecule has 0 heterocycles. The van der Waals surface area contributed by atoms with Gasteiger partial charge in [0, 0.05) is 19.5 Å². The van der Waals surface area contributed by atoms with Gasteiger partial charge in [-0.25, -0.2) is 0 Å². The number of amides is 1. The summed E-state index contributed by atoms with van der Waals surface area (Å²) in [5.74, 6) is 0.361. The third kappa shape index (κ3) is 22.3. The molecule has 0 rings (SSSR count). The van der Waals surface area contributed by atoms with Gasteiger partial charge in [0.2, 0.25) is 5.91 Å². The molecule has 0 aromatic rings. The minimum atomic E-state index is 0.361. The fourth-order valence-electron chi connectivity index (χ4n) is 4.02. The Kier molecular flexibility index (Phi) is 22.7. The van der Waals surface area contributed by atoms with Gasteiger partial charge in [-0.15, -0.1) is 0 Å². The third-order valence-electron chi connectivity index (χ3n) is 6.07. The van der Waals surface area contributed by atoms with E-state index in [0.29, 0.717) is 5.91 Å². The molecule has 0 radical (unpaired) electrons. The van der Waals surface area contributed by atoms with Crippen LogP contribution in [-0.2, 0) is 4.79 Å². The van der Waals surface area contributed by atoms with Gasteiger partial charge in [0.25, 0.3) is 0 Å². The summed E-state index contributed by atoms with van der Waals surface area (Å²) in [6, 6.07) is 0. The Hall–Kier alpha value is -0.870. The monoisotopic (exact) mass is 451 g/mol. The summed E-state index contributed by atoms with van der Waals surface area (Å²) in [4.78, 5) is 19.2. The van der Waals surface area contributed by atoms with Gasteiger partial charge in [-0.2, -0.15) is 0 Å². The van der Waals surface area contributed by atoms with E-state index in [9.17, 15) is 4.79 Å². The summed E-state index contributed by atoms with van der Waals surface area (Å²) >= 11 is 0. The maximum Gasteiger partial charge on any atom is 0.222 e. The Balaban J connectivity index is 3.76. The molecule has 0 fully saturated rings. The highest BCUT2D eigenvalue weighted by Gasteiger charge is 2.13. The molecule has 0 bridgehead atoms. The van der Waals surface area contributed by atoms with E-state index < -0.39 is 0 Å².